The maximum absolute atomic E-state index is 3.94. The molecule has 0 aromatic heterocycles. The Bertz CT molecular complexity index is 41.8. The smallest absolute Gasteiger partial charge is 1.00 e. The first-order chi connectivity index (χ1) is 2.89. The molecule has 1 rings (SSSR count). The van der Waals surface area contributed by atoms with E-state index >= 15 is 0 Å². The van der Waals surface area contributed by atoms with Gasteiger partial charge in [-0.15, -0.1) is 0 Å². The van der Waals surface area contributed by atoms with E-state index < -0.39 is 0 Å². The van der Waals surface area contributed by atoms with E-state index in [-0.39, 0.29) is 31.9 Å². The van der Waals surface area contributed by atoms with E-state index in [4.69, 9.17) is 0 Å². The standard InChI is InChI=1S/C6H11.ClH.Zn/c1-6-4-2-3-5-6;;/h6H,1-5H2;1H;/q-1;;+2/p-1. The Morgan fingerprint density at radius 1 is 1.12 bits per heavy atom. The Hall–Kier alpha value is 0.913. The average molecular weight is 184 g/mol. The topological polar surface area (TPSA) is 0 Å². The molecule has 0 bridgehead atoms. The van der Waals surface area contributed by atoms with E-state index in [1.807, 2.05) is 0 Å². The van der Waals surface area contributed by atoms with Gasteiger partial charge in [0.05, 0.1) is 0 Å². The minimum absolute atomic E-state index is 0. The molecule has 0 unspecified atom stereocenters. The van der Waals surface area contributed by atoms with Crippen LogP contribution >= 0.6 is 0 Å². The SMILES string of the molecule is [CH2-]C1CCCC1.[Cl-].[Zn+2]. The third-order valence-corrected chi connectivity index (χ3v) is 1.47. The zero-order chi connectivity index (χ0) is 4.41. The number of rotatable bonds is 0. The van der Waals surface area contributed by atoms with Crippen molar-refractivity contribution in [3.63, 3.8) is 0 Å². The van der Waals surface area contributed by atoms with Crippen LogP contribution in [0.25, 0.3) is 0 Å². The van der Waals surface area contributed by atoms with Crippen LogP contribution < -0.4 is 12.4 Å². The summed E-state index contributed by atoms with van der Waals surface area (Å²) in [5.74, 6) is 0.796. The first-order valence-electron chi connectivity index (χ1n) is 2.72. The maximum Gasteiger partial charge on any atom is 2.00 e. The predicted octanol–water partition coefficient (Wildman–Crippen LogP) is -0.988. The van der Waals surface area contributed by atoms with Crippen molar-refractivity contribution in [3.05, 3.63) is 6.92 Å². The van der Waals surface area contributed by atoms with Crippen molar-refractivity contribution in [3.8, 4) is 0 Å². The van der Waals surface area contributed by atoms with Crippen LogP contribution in [0.2, 0.25) is 0 Å². The van der Waals surface area contributed by atoms with E-state index in [0.717, 1.165) is 5.92 Å². The van der Waals surface area contributed by atoms with Crippen molar-refractivity contribution in [2.24, 2.45) is 5.92 Å². The van der Waals surface area contributed by atoms with Gasteiger partial charge in [-0.1, -0.05) is 25.7 Å². The van der Waals surface area contributed by atoms with Crippen LogP contribution in [0.15, 0.2) is 0 Å². The second kappa shape index (κ2) is 6.04. The first kappa shape index (κ1) is 11.7. The molecule has 0 aromatic rings. The molecule has 0 aromatic carbocycles. The second-order valence-electron chi connectivity index (χ2n) is 2.15. The largest absolute Gasteiger partial charge is 2.00 e. The predicted molar refractivity (Wildman–Crippen MR) is 27.3 cm³/mol. The Labute approximate surface area is 70.6 Å². The monoisotopic (exact) mass is 182 g/mol. The summed E-state index contributed by atoms with van der Waals surface area (Å²) in [5.41, 5.74) is 0. The van der Waals surface area contributed by atoms with Gasteiger partial charge in [0, 0.05) is 0 Å². The summed E-state index contributed by atoms with van der Waals surface area (Å²) in [7, 11) is 0. The molecule has 0 saturated heterocycles. The Morgan fingerprint density at radius 2 is 1.50 bits per heavy atom. The molecule has 0 spiro atoms. The van der Waals surface area contributed by atoms with Gasteiger partial charge in [-0.3, -0.25) is 0 Å². The van der Waals surface area contributed by atoms with Crippen LogP contribution in [0, 0.1) is 12.8 Å². The molecule has 44 valence electrons. The van der Waals surface area contributed by atoms with Gasteiger partial charge in [-0.05, 0) is 0 Å². The number of hydrogen-bond acceptors (Lipinski definition) is 0. The molecular weight excluding hydrogens is 173 g/mol. The summed E-state index contributed by atoms with van der Waals surface area (Å²) in [6.45, 7) is 3.94. The zero-order valence-corrected chi connectivity index (χ0v) is 8.92. The minimum atomic E-state index is 0. The molecule has 0 atom stereocenters. The molecule has 0 aliphatic heterocycles. The maximum atomic E-state index is 3.94. The van der Waals surface area contributed by atoms with Crippen LogP contribution in [0.5, 0.6) is 0 Å². The first-order valence-corrected chi connectivity index (χ1v) is 2.72. The van der Waals surface area contributed by atoms with E-state index in [1.54, 1.807) is 0 Å². The zero-order valence-electron chi connectivity index (χ0n) is 5.20. The molecule has 0 radical (unpaired) electrons. The third-order valence-electron chi connectivity index (χ3n) is 1.47. The summed E-state index contributed by atoms with van der Waals surface area (Å²) >= 11 is 0. The summed E-state index contributed by atoms with van der Waals surface area (Å²) in [6, 6.07) is 0. The van der Waals surface area contributed by atoms with Crippen LogP contribution in [-0.2, 0) is 19.5 Å². The van der Waals surface area contributed by atoms with Gasteiger partial charge in [0.15, 0.2) is 0 Å². The van der Waals surface area contributed by atoms with E-state index in [9.17, 15) is 0 Å². The summed E-state index contributed by atoms with van der Waals surface area (Å²) in [6.07, 6.45) is 5.60. The van der Waals surface area contributed by atoms with Gasteiger partial charge in [0.25, 0.3) is 0 Å². The van der Waals surface area contributed by atoms with E-state index in [2.05, 4.69) is 6.92 Å². The van der Waals surface area contributed by atoms with Crippen molar-refractivity contribution in [1.82, 2.24) is 0 Å². The Morgan fingerprint density at radius 3 is 1.62 bits per heavy atom. The van der Waals surface area contributed by atoms with Crippen molar-refractivity contribution in [1.29, 1.82) is 0 Å². The fraction of sp³-hybridized carbons (Fsp3) is 0.833. The molecule has 0 heterocycles. The molecule has 1 fully saturated rings. The summed E-state index contributed by atoms with van der Waals surface area (Å²) < 4.78 is 0. The number of halogens is 1. The van der Waals surface area contributed by atoms with E-state index in [1.165, 1.54) is 25.7 Å². The van der Waals surface area contributed by atoms with Crippen LogP contribution in [0.3, 0.4) is 0 Å². The van der Waals surface area contributed by atoms with Gasteiger partial charge in [-0.25, -0.2) is 0 Å². The van der Waals surface area contributed by atoms with Crippen molar-refractivity contribution < 1.29 is 31.9 Å². The molecule has 1 aliphatic rings. The van der Waals surface area contributed by atoms with Gasteiger partial charge in [0.2, 0.25) is 0 Å². The summed E-state index contributed by atoms with van der Waals surface area (Å²) in [4.78, 5) is 0. The van der Waals surface area contributed by atoms with Crippen LogP contribution in [0.4, 0.5) is 0 Å². The van der Waals surface area contributed by atoms with Crippen molar-refractivity contribution >= 4 is 0 Å². The van der Waals surface area contributed by atoms with Gasteiger partial charge < -0.3 is 19.3 Å². The Balaban J connectivity index is 0. The fourth-order valence-corrected chi connectivity index (χ4v) is 1.01. The van der Waals surface area contributed by atoms with E-state index in [0.29, 0.717) is 0 Å². The normalized spacial score (nSPS) is 19.1. The Kier molecular flexibility index (Phi) is 8.82. The summed E-state index contributed by atoms with van der Waals surface area (Å²) in [5, 5.41) is 0. The quantitative estimate of drug-likeness (QED) is 0.335. The van der Waals surface area contributed by atoms with Gasteiger partial charge in [-0.2, -0.15) is 5.92 Å². The second-order valence-corrected chi connectivity index (χ2v) is 2.15. The fourth-order valence-electron chi connectivity index (χ4n) is 1.01. The third kappa shape index (κ3) is 3.86. The molecule has 0 nitrogen and oxygen atoms in total. The molecule has 2 heteroatoms. The number of hydrogen-bond donors (Lipinski definition) is 0. The average Bonchev–Trinajstić information content (AvgIpc) is 1.86. The molecule has 8 heavy (non-hydrogen) atoms. The molecule has 0 N–H and O–H groups in total. The van der Waals surface area contributed by atoms with Crippen LogP contribution in [-0.4, -0.2) is 0 Å². The molecular formula is C6H11ClZn. The van der Waals surface area contributed by atoms with Gasteiger partial charge >= 0.3 is 19.5 Å². The minimum Gasteiger partial charge on any atom is -1.00 e. The van der Waals surface area contributed by atoms with Crippen molar-refractivity contribution in [2.45, 2.75) is 25.7 Å². The van der Waals surface area contributed by atoms with Gasteiger partial charge in [0.1, 0.15) is 0 Å². The molecule has 0 amide bonds. The molecule has 1 aliphatic carbocycles. The van der Waals surface area contributed by atoms with Crippen molar-refractivity contribution in [2.75, 3.05) is 0 Å². The molecule has 1 saturated carbocycles. The van der Waals surface area contributed by atoms with Crippen LogP contribution in [0.1, 0.15) is 25.7 Å².